The van der Waals surface area contributed by atoms with E-state index in [4.69, 9.17) is 9.47 Å². The molecule has 0 atom stereocenters. The van der Waals surface area contributed by atoms with Crippen LogP contribution < -0.4 is 14.8 Å². The first-order valence-electron chi connectivity index (χ1n) is 8.55. The highest BCUT2D eigenvalue weighted by atomic mass is 32.2. The van der Waals surface area contributed by atoms with Crippen LogP contribution in [0.2, 0.25) is 0 Å². The number of piperidine rings is 1. The van der Waals surface area contributed by atoms with Gasteiger partial charge in [0.2, 0.25) is 10.0 Å². The smallest absolute Gasteiger partial charge is 0.243 e. The Morgan fingerprint density at radius 1 is 1.08 bits per heavy atom. The number of aromatic nitrogens is 2. The van der Waals surface area contributed by atoms with Crippen LogP contribution >= 0.6 is 0 Å². The van der Waals surface area contributed by atoms with Crippen LogP contribution in [0, 0.1) is 0 Å². The van der Waals surface area contributed by atoms with Gasteiger partial charge in [-0.15, -0.1) is 0 Å². The topological polar surface area (TPSA) is 93.7 Å². The standard InChI is InChI=1S/C17H20N4O4S/c22-26(23,14-1-2-15-16(11-14)25-10-9-24-15)21-7-4-13(5-8-21)20-17-3-6-18-12-19-17/h1-3,6,11-13H,4-5,7-10H2,(H,18,19,20). The van der Waals surface area contributed by atoms with Crippen molar-refractivity contribution in [3.8, 4) is 11.5 Å². The lowest BCUT2D eigenvalue weighted by atomic mass is 10.1. The Bertz CT molecular complexity index is 868. The van der Waals surface area contributed by atoms with E-state index in [-0.39, 0.29) is 10.9 Å². The Morgan fingerprint density at radius 2 is 1.85 bits per heavy atom. The van der Waals surface area contributed by atoms with Gasteiger partial charge in [-0.05, 0) is 31.0 Å². The van der Waals surface area contributed by atoms with Gasteiger partial charge in [-0.2, -0.15) is 4.31 Å². The van der Waals surface area contributed by atoms with Crippen LogP contribution in [0.25, 0.3) is 0 Å². The molecule has 0 amide bonds. The summed E-state index contributed by atoms with van der Waals surface area (Å²) in [5.41, 5.74) is 0. The molecule has 8 nitrogen and oxygen atoms in total. The van der Waals surface area contributed by atoms with E-state index in [0.29, 0.717) is 50.6 Å². The zero-order valence-electron chi connectivity index (χ0n) is 14.2. The molecule has 0 radical (unpaired) electrons. The average Bonchev–Trinajstić information content (AvgIpc) is 2.69. The lowest BCUT2D eigenvalue weighted by Gasteiger charge is -2.32. The summed E-state index contributed by atoms with van der Waals surface area (Å²) in [5.74, 6) is 1.83. The normalized spacial score (nSPS) is 18.5. The van der Waals surface area contributed by atoms with E-state index >= 15 is 0 Å². The summed E-state index contributed by atoms with van der Waals surface area (Å²) >= 11 is 0. The molecule has 0 unspecified atom stereocenters. The summed E-state index contributed by atoms with van der Waals surface area (Å²) in [6, 6.07) is 6.78. The van der Waals surface area contributed by atoms with Crippen molar-refractivity contribution in [3.05, 3.63) is 36.8 Å². The van der Waals surface area contributed by atoms with E-state index in [1.165, 1.54) is 10.6 Å². The summed E-state index contributed by atoms with van der Waals surface area (Å²) in [4.78, 5) is 8.28. The first-order valence-corrected chi connectivity index (χ1v) is 9.99. The number of anilines is 1. The van der Waals surface area contributed by atoms with Crippen LogP contribution in [-0.2, 0) is 10.0 Å². The van der Waals surface area contributed by atoms with Gasteiger partial charge < -0.3 is 14.8 Å². The number of ether oxygens (including phenoxy) is 2. The van der Waals surface area contributed by atoms with Crippen molar-refractivity contribution in [2.24, 2.45) is 0 Å². The third kappa shape index (κ3) is 3.45. The molecule has 4 rings (SSSR count). The van der Waals surface area contributed by atoms with Gasteiger partial charge in [-0.1, -0.05) is 0 Å². The maximum atomic E-state index is 12.9. The van der Waals surface area contributed by atoms with Crippen molar-refractivity contribution >= 4 is 15.8 Å². The number of benzene rings is 1. The van der Waals surface area contributed by atoms with Gasteiger partial charge in [0.1, 0.15) is 25.4 Å². The third-order valence-electron chi connectivity index (χ3n) is 4.54. The quantitative estimate of drug-likeness (QED) is 0.864. The van der Waals surface area contributed by atoms with Crippen molar-refractivity contribution in [3.63, 3.8) is 0 Å². The maximum Gasteiger partial charge on any atom is 0.243 e. The van der Waals surface area contributed by atoms with Crippen LogP contribution in [0.4, 0.5) is 5.82 Å². The first-order chi connectivity index (χ1) is 12.6. The zero-order valence-corrected chi connectivity index (χ0v) is 15.0. The highest BCUT2D eigenvalue weighted by Crippen LogP contribution is 2.33. The summed E-state index contributed by atoms with van der Waals surface area (Å²) in [6.07, 6.45) is 4.60. The molecule has 138 valence electrons. The number of nitrogens with one attached hydrogen (secondary N) is 1. The van der Waals surface area contributed by atoms with Crippen molar-refractivity contribution in [2.75, 3.05) is 31.6 Å². The van der Waals surface area contributed by atoms with Crippen molar-refractivity contribution in [1.82, 2.24) is 14.3 Å². The van der Waals surface area contributed by atoms with Crippen molar-refractivity contribution < 1.29 is 17.9 Å². The van der Waals surface area contributed by atoms with Crippen molar-refractivity contribution in [1.29, 1.82) is 0 Å². The second-order valence-corrected chi connectivity index (χ2v) is 8.16. The van der Waals surface area contributed by atoms with Crippen molar-refractivity contribution in [2.45, 2.75) is 23.8 Å². The number of rotatable bonds is 4. The highest BCUT2D eigenvalue weighted by molar-refractivity contribution is 7.89. The Hall–Kier alpha value is -2.39. The molecule has 1 N–H and O–H groups in total. The lowest BCUT2D eigenvalue weighted by Crippen LogP contribution is -2.42. The van der Waals surface area contributed by atoms with Gasteiger partial charge in [0.25, 0.3) is 0 Å². The van der Waals surface area contributed by atoms with Gasteiger partial charge in [-0.25, -0.2) is 18.4 Å². The SMILES string of the molecule is O=S(=O)(c1ccc2c(c1)OCCO2)N1CCC(Nc2ccncn2)CC1. The Labute approximate surface area is 152 Å². The predicted molar refractivity (Wildman–Crippen MR) is 94.9 cm³/mol. The number of hydrogen-bond acceptors (Lipinski definition) is 7. The molecule has 9 heteroatoms. The van der Waals surface area contributed by atoms with Gasteiger partial charge in [0.15, 0.2) is 11.5 Å². The van der Waals surface area contributed by atoms with Crippen LogP contribution in [0.15, 0.2) is 41.7 Å². The van der Waals surface area contributed by atoms with E-state index in [2.05, 4.69) is 15.3 Å². The number of hydrogen-bond donors (Lipinski definition) is 1. The molecule has 2 aliphatic heterocycles. The molecular formula is C17H20N4O4S. The van der Waals surface area contributed by atoms with Gasteiger partial charge in [-0.3, -0.25) is 0 Å². The molecule has 0 aliphatic carbocycles. The molecule has 0 spiro atoms. The minimum Gasteiger partial charge on any atom is -0.486 e. The summed E-state index contributed by atoms with van der Waals surface area (Å²) in [7, 11) is -3.55. The summed E-state index contributed by atoms with van der Waals surface area (Å²) < 4.78 is 38.3. The van der Waals surface area contributed by atoms with Gasteiger partial charge >= 0.3 is 0 Å². The van der Waals surface area contributed by atoms with E-state index in [9.17, 15) is 8.42 Å². The number of nitrogens with zero attached hydrogens (tertiary/aromatic N) is 3. The van der Waals surface area contributed by atoms with Crippen LogP contribution in [0.3, 0.4) is 0 Å². The maximum absolute atomic E-state index is 12.9. The summed E-state index contributed by atoms with van der Waals surface area (Å²) in [5, 5.41) is 3.32. The second kappa shape index (κ2) is 7.08. The molecule has 3 heterocycles. The van der Waals surface area contributed by atoms with E-state index < -0.39 is 10.0 Å². The summed E-state index contributed by atoms with van der Waals surface area (Å²) in [6.45, 7) is 1.82. The molecule has 2 aliphatic rings. The Balaban J connectivity index is 1.43. The Kier molecular flexibility index (Phi) is 4.64. The van der Waals surface area contributed by atoms with E-state index in [1.54, 1.807) is 30.5 Å². The van der Waals surface area contributed by atoms with Gasteiger partial charge in [0.05, 0.1) is 4.90 Å². The molecular weight excluding hydrogens is 356 g/mol. The third-order valence-corrected chi connectivity index (χ3v) is 6.43. The predicted octanol–water partition coefficient (Wildman–Crippen LogP) is 1.51. The molecule has 1 aromatic carbocycles. The molecule has 0 saturated carbocycles. The monoisotopic (exact) mass is 376 g/mol. The molecule has 2 aromatic rings. The number of fused-ring (bicyclic) bond motifs is 1. The van der Waals surface area contributed by atoms with Crippen LogP contribution in [-0.4, -0.2) is 55.0 Å². The highest BCUT2D eigenvalue weighted by Gasteiger charge is 2.30. The molecule has 1 fully saturated rings. The molecule has 1 saturated heterocycles. The van der Waals surface area contributed by atoms with Crippen LogP contribution in [0.5, 0.6) is 11.5 Å². The van der Waals surface area contributed by atoms with E-state index in [1.807, 2.05) is 0 Å². The van der Waals surface area contributed by atoms with Gasteiger partial charge in [0, 0.05) is 31.4 Å². The van der Waals surface area contributed by atoms with Crippen LogP contribution in [0.1, 0.15) is 12.8 Å². The minimum absolute atomic E-state index is 0.191. The largest absolute Gasteiger partial charge is 0.486 e. The molecule has 26 heavy (non-hydrogen) atoms. The minimum atomic E-state index is -3.55. The number of sulfonamides is 1. The molecule has 0 bridgehead atoms. The first kappa shape index (κ1) is 17.0. The fraction of sp³-hybridized carbons (Fsp3) is 0.412. The Morgan fingerprint density at radius 3 is 2.58 bits per heavy atom. The fourth-order valence-electron chi connectivity index (χ4n) is 3.16. The lowest BCUT2D eigenvalue weighted by molar-refractivity contribution is 0.171. The molecule has 1 aromatic heterocycles. The zero-order chi connectivity index (χ0) is 18.0. The fourth-order valence-corrected chi connectivity index (χ4v) is 4.64. The van der Waals surface area contributed by atoms with E-state index in [0.717, 1.165) is 5.82 Å². The average molecular weight is 376 g/mol. The second-order valence-electron chi connectivity index (χ2n) is 6.22.